The van der Waals surface area contributed by atoms with Gasteiger partial charge in [-0.15, -0.1) is 11.3 Å². The maximum atomic E-state index is 12.1. The smallest absolute Gasteiger partial charge is 0.248 e. The minimum absolute atomic E-state index is 0.0441. The Morgan fingerprint density at radius 3 is 2.82 bits per heavy atom. The normalized spacial score (nSPS) is 19.4. The zero-order valence-electron chi connectivity index (χ0n) is 9.62. The van der Waals surface area contributed by atoms with Crippen molar-refractivity contribution in [3.05, 3.63) is 20.8 Å². The Hall–Kier alpha value is -0.880. The molecule has 0 saturated carbocycles. The number of thiophene rings is 1. The molecule has 0 bridgehead atoms. The van der Waals surface area contributed by atoms with E-state index in [9.17, 15) is 9.59 Å². The quantitative estimate of drug-likeness (QED) is 0.903. The minimum atomic E-state index is -0.806. The lowest BCUT2D eigenvalue weighted by Crippen LogP contribution is -2.63. The first-order chi connectivity index (χ1) is 7.90. The topological polar surface area (TPSA) is 49.4 Å². The molecular weight excluding hydrogens is 304 g/mol. The lowest BCUT2D eigenvalue weighted by molar-refractivity contribution is -0.148. The highest BCUT2D eigenvalue weighted by molar-refractivity contribution is 9.10. The van der Waals surface area contributed by atoms with Crippen LogP contribution in [0, 0.1) is 0 Å². The van der Waals surface area contributed by atoms with Crippen molar-refractivity contribution in [3.63, 3.8) is 0 Å². The standard InChI is InChI=1S/C11H13BrN2O2S/c1-11(2)10(16)14(6-9(15)13-11)5-8-7(12)3-4-17-8/h3-4H,5-6H2,1-2H3,(H,13,15). The van der Waals surface area contributed by atoms with E-state index < -0.39 is 5.54 Å². The summed E-state index contributed by atoms with van der Waals surface area (Å²) in [5.41, 5.74) is -0.806. The van der Waals surface area contributed by atoms with E-state index in [-0.39, 0.29) is 18.4 Å². The number of nitrogens with one attached hydrogen (secondary N) is 1. The third-order valence-corrected chi connectivity index (χ3v) is 4.54. The van der Waals surface area contributed by atoms with Gasteiger partial charge in [0.25, 0.3) is 0 Å². The van der Waals surface area contributed by atoms with Crippen LogP contribution in [0.2, 0.25) is 0 Å². The van der Waals surface area contributed by atoms with Gasteiger partial charge in [-0.25, -0.2) is 0 Å². The summed E-state index contributed by atoms with van der Waals surface area (Å²) in [6, 6.07) is 1.94. The van der Waals surface area contributed by atoms with E-state index in [1.165, 1.54) is 0 Å². The third-order valence-electron chi connectivity index (χ3n) is 2.63. The molecule has 1 aromatic heterocycles. The Morgan fingerprint density at radius 1 is 1.53 bits per heavy atom. The van der Waals surface area contributed by atoms with E-state index in [0.29, 0.717) is 6.54 Å². The minimum Gasteiger partial charge on any atom is -0.341 e. The van der Waals surface area contributed by atoms with Crippen LogP contribution in [0.1, 0.15) is 18.7 Å². The lowest BCUT2D eigenvalue weighted by atomic mass is 10.0. The highest BCUT2D eigenvalue weighted by atomic mass is 79.9. The number of hydrogen-bond donors (Lipinski definition) is 1. The Labute approximate surface area is 112 Å². The van der Waals surface area contributed by atoms with Gasteiger partial charge < -0.3 is 10.2 Å². The second kappa shape index (κ2) is 4.42. The van der Waals surface area contributed by atoms with Gasteiger partial charge in [0.05, 0.1) is 6.54 Å². The van der Waals surface area contributed by atoms with Crippen LogP contribution in [0.5, 0.6) is 0 Å². The van der Waals surface area contributed by atoms with Crippen molar-refractivity contribution < 1.29 is 9.59 Å². The molecule has 1 aromatic rings. The molecule has 0 aliphatic carbocycles. The number of amides is 2. The predicted molar refractivity (Wildman–Crippen MR) is 69.7 cm³/mol. The first-order valence-corrected chi connectivity index (χ1v) is 6.89. The molecule has 2 amide bonds. The Balaban J connectivity index is 2.18. The molecule has 1 aliphatic rings. The predicted octanol–water partition coefficient (Wildman–Crippen LogP) is 1.75. The number of rotatable bonds is 2. The van der Waals surface area contributed by atoms with Gasteiger partial charge in [-0.05, 0) is 41.2 Å². The first kappa shape index (κ1) is 12.6. The maximum absolute atomic E-state index is 12.1. The van der Waals surface area contributed by atoms with E-state index in [4.69, 9.17) is 0 Å². The van der Waals surface area contributed by atoms with Crippen molar-refractivity contribution in [1.29, 1.82) is 0 Å². The van der Waals surface area contributed by atoms with E-state index >= 15 is 0 Å². The third kappa shape index (κ3) is 2.52. The highest BCUT2D eigenvalue weighted by Gasteiger charge is 2.39. The molecule has 1 saturated heterocycles. The van der Waals surface area contributed by atoms with Crippen molar-refractivity contribution in [1.82, 2.24) is 10.2 Å². The average Bonchev–Trinajstić information content (AvgIpc) is 2.59. The molecule has 1 aliphatic heterocycles. The fourth-order valence-electron chi connectivity index (χ4n) is 1.82. The van der Waals surface area contributed by atoms with Crippen LogP contribution in [-0.2, 0) is 16.1 Å². The Morgan fingerprint density at radius 2 is 2.24 bits per heavy atom. The van der Waals surface area contributed by atoms with E-state index in [2.05, 4.69) is 21.2 Å². The summed E-state index contributed by atoms with van der Waals surface area (Å²) in [5.74, 6) is -0.153. The summed E-state index contributed by atoms with van der Waals surface area (Å²) < 4.78 is 0.985. The summed E-state index contributed by atoms with van der Waals surface area (Å²) in [7, 11) is 0. The lowest BCUT2D eigenvalue weighted by Gasteiger charge is -2.37. The van der Waals surface area contributed by atoms with Crippen LogP contribution >= 0.6 is 27.3 Å². The number of nitrogens with zero attached hydrogens (tertiary/aromatic N) is 1. The van der Waals surface area contributed by atoms with Crippen LogP contribution in [0.3, 0.4) is 0 Å². The van der Waals surface area contributed by atoms with Gasteiger partial charge in [-0.2, -0.15) is 0 Å². The molecule has 17 heavy (non-hydrogen) atoms. The van der Waals surface area contributed by atoms with Gasteiger partial charge in [0.2, 0.25) is 11.8 Å². The fourth-order valence-corrected chi connectivity index (χ4v) is 3.31. The molecule has 4 nitrogen and oxygen atoms in total. The number of hydrogen-bond acceptors (Lipinski definition) is 3. The van der Waals surface area contributed by atoms with Crippen molar-refractivity contribution in [2.24, 2.45) is 0 Å². The fraction of sp³-hybridized carbons (Fsp3) is 0.455. The van der Waals surface area contributed by atoms with Crippen LogP contribution in [0.4, 0.5) is 0 Å². The van der Waals surface area contributed by atoms with Gasteiger partial charge in [0.15, 0.2) is 0 Å². The van der Waals surface area contributed by atoms with E-state index in [1.54, 1.807) is 30.1 Å². The van der Waals surface area contributed by atoms with E-state index in [0.717, 1.165) is 9.35 Å². The zero-order chi connectivity index (χ0) is 12.6. The van der Waals surface area contributed by atoms with Gasteiger partial charge in [-0.1, -0.05) is 0 Å². The number of halogens is 1. The van der Waals surface area contributed by atoms with Crippen LogP contribution in [0.25, 0.3) is 0 Å². The Bertz CT molecular complexity index is 470. The number of carbonyl (C=O) groups is 2. The van der Waals surface area contributed by atoms with Crippen molar-refractivity contribution in [2.45, 2.75) is 25.9 Å². The van der Waals surface area contributed by atoms with E-state index in [1.807, 2.05) is 11.4 Å². The van der Waals surface area contributed by atoms with Crippen LogP contribution in [0.15, 0.2) is 15.9 Å². The molecule has 6 heteroatoms. The van der Waals surface area contributed by atoms with Crippen LogP contribution in [-0.4, -0.2) is 28.8 Å². The molecular formula is C11H13BrN2O2S. The SMILES string of the molecule is CC1(C)NC(=O)CN(Cc2sccc2Br)C1=O. The monoisotopic (exact) mass is 316 g/mol. The highest BCUT2D eigenvalue weighted by Crippen LogP contribution is 2.25. The van der Waals surface area contributed by atoms with Crippen LogP contribution < -0.4 is 5.32 Å². The molecule has 0 aromatic carbocycles. The largest absolute Gasteiger partial charge is 0.341 e. The van der Waals surface area contributed by atoms with Gasteiger partial charge >= 0.3 is 0 Å². The summed E-state index contributed by atoms with van der Waals surface area (Å²) in [4.78, 5) is 26.3. The van der Waals surface area contributed by atoms with Crippen molar-refractivity contribution >= 4 is 39.1 Å². The summed E-state index contributed by atoms with van der Waals surface area (Å²) >= 11 is 5.00. The summed E-state index contributed by atoms with van der Waals surface area (Å²) in [6.45, 7) is 4.06. The van der Waals surface area contributed by atoms with Gasteiger partial charge in [0, 0.05) is 9.35 Å². The first-order valence-electron chi connectivity index (χ1n) is 5.22. The number of carbonyl (C=O) groups excluding carboxylic acids is 2. The Kier molecular flexibility index (Phi) is 3.27. The molecule has 1 fully saturated rings. The van der Waals surface area contributed by atoms with Crippen molar-refractivity contribution in [3.8, 4) is 0 Å². The molecule has 2 heterocycles. The van der Waals surface area contributed by atoms with Gasteiger partial charge in [-0.3, -0.25) is 9.59 Å². The summed E-state index contributed by atoms with van der Waals surface area (Å²) in [6.07, 6.45) is 0. The summed E-state index contributed by atoms with van der Waals surface area (Å²) in [5, 5.41) is 4.65. The second-order valence-corrected chi connectivity index (χ2v) is 6.38. The molecule has 1 N–H and O–H groups in total. The average molecular weight is 317 g/mol. The molecule has 2 rings (SSSR count). The zero-order valence-corrected chi connectivity index (χ0v) is 12.0. The van der Waals surface area contributed by atoms with Gasteiger partial charge in [0.1, 0.15) is 12.1 Å². The number of piperazine rings is 1. The second-order valence-electron chi connectivity index (χ2n) is 4.53. The molecule has 0 atom stereocenters. The molecule has 0 spiro atoms. The maximum Gasteiger partial charge on any atom is 0.248 e. The molecule has 0 radical (unpaired) electrons. The van der Waals surface area contributed by atoms with Crippen molar-refractivity contribution in [2.75, 3.05) is 6.54 Å². The molecule has 92 valence electrons. The molecule has 0 unspecified atom stereocenters.